The molecule has 6 heteroatoms. The molecule has 0 radical (unpaired) electrons. The fourth-order valence-corrected chi connectivity index (χ4v) is 2.72. The summed E-state index contributed by atoms with van der Waals surface area (Å²) in [6.45, 7) is 0.457. The lowest BCUT2D eigenvalue weighted by atomic mass is 10.2. The second-order valence-corrected chi connectivity index (χ2v) is 5.89. The second kappa shape index (κ2) is 7.77. The molecule has 1 heterocycles. The molecule has 1 aromatic carbocycles. The Bertz CT molecular complexity index is 696. The summed E-state index contributed by atoms with van der Waals surface area (Å²) in [6.07, 6.45) is 6.50. The minimum Gasteiger partial charge on any atom is -0.439 e. The first-order valence-corrected chi connectivity index (χ1v) is 8.14. The number of pyridine rings is 1. The third kappa shape index (κ3) is 4.68. The van der Waals surface area contributed by atoms with E-state index < -0.39 is 0 Å². The van der Waals surface area contributed by atoms with Gasteiger partial charge in [0, 0.05) is 24.4 Å². The van der Waals surface area contributed by atoms with Gasteiger partial charge in [-0.2, -0.15) is 0 Å². The van der Waals surface area contributed by atoms with Crippen molar-refractivity contribution in [3.8, 4) is 11.6 Å². The van der Waals surface area contributed by atoms with E-state index in [1.807, 2.05) is 6.07 Å². The smallest absolute Gasteiger partial charge is 0.219 e. The molecule has 1 aliphatic carbocycles. The number of benzene rings is 1. The molecule has 24 heavy (non-hydrogen) atoms. The van der Waals surface area contributed by atoms with Crippen molar-refractivity contribution in [2.45, 2.75) is 38.3 Å². The molecule has 126 valence electrons. The maximum Gasteiger partial charge on any atom is 0.219 e. The standard InChI is InChI=1S/C18H21FN4O/c19-14-4-3-7-16(10-14)24-17-9-8-13(11-21-17)12-22-18(20)23-15-5-1-2-6-15/h3-4,7-11,15H,1-2,5-6,12H2,(H3,20,22,23). The molecule has 2 aromatic rings. The van der Waals surface area contributed by atoms with Crippen molar-refractivity contribution in [1.82, 2.24) is 10.3 Å². The van der Waals surface area contributed by atoms with Crippen molar-refractivity contribution in [3.05, 3.63) is 54.0 Å². The molecule has 1 aliphatic rings. The van der Waals surface area contributed by atoms with Crippen molar-refractivity contribution in [2.24, 2.45) is 10.7 Å². The van der Waals surface area contributed by atoms with Crippen LogP contribution in [0, 0.1) is 5.82 Å². The average Bonchev–Trinajstić information content (AvgIpc) is 3.07. The maximum absolute atomic E-state index is 13.1. The average molecular weight is 328 g/mol. The summed E-state index contributed by atoms with van der Waals surface area (Å²) < 4.78 is 18.6. The first-order chi connectivity index (χ1) is 11.7. The van der Waals surface area contributed by atoms with Crippen LogP contribution in [0.5, 0.6) is 11.6 Å². The lowest BCUT2D eigenvalue weighted by Crippen LogP contribution is -2.38. The molecule has 5 nitrogen and oxygen atoms in total. The summed E-state index contributed by atoms with van der Waals surface area (Å²) in [4.78, 5) is 8.55. The van der Waals surface area contributed by atoms with Gasteiger partial charge in [-0.3, -0.25) is 0 Å². The van der Waals surface area contributed by atoms with Gasteiger partial charge < -0.3 is 15.8 Å². The summed E-state index contributed by atoms with van der Waals surface area (Å²) in [6, 6.07) is 10.0. The van der Waals surface area contributed by atoms with Crippen LogP contribution in [-0.4, -0.2) is 17.0 Å². The number of halogens is 1. The largest absolute Gasteiger partial charge is 0.439 e. The van der Waals surface area contributed by atoms with E-state index in [2.05, 4.69) is 15.3 Å². The Hall–Kier alpha value is -2.63. The summed E-state index contributed by atoms with van der Waals surface area (Å²) >= 11 is 0. The quantitative estimate of drug-likeness (QED) is 0.652. The van der Waals surface area contributed by atoms with Gasteiger partial charge in [-0.25, -0.2) is 14.4 Å². The van der Waals surface area contributed by atoms with Gasteiger partial charge >= 0.3 is 0 Å². The van der Waals surface area contributed by atoms with Crippen LogP contribution in [0.1, 0.15) is 31.2 Å². The molecule has 1 fully saturated rings. The van der Waals surface area contributed by atoms with Crippen molar-refractivity contribution in [2.75, 3.05) is 0 Å². The summed E-state index contributed by atoms with van der Waals surface area (Å²) in [5, 5.41) is 3.25. The predicted molar refractivity (Wildman–Crippen MR) is 91.4 cm³/mol. The molecular weight excluding hydrogens is 307 g/mol. The van der Waals surface area contributed by atoms with E-state index in [1.165, 1.54) is 25.0 Å². The molecule has 3 N–H and O–H groups in total. The van der Waals surface area contributed by atoms with E-state index in [-0.39, 0.29) is 5.82 Å². The van der Waals surface area contributed by atoms with Crippen molar-refractivity contribution in [1.29, 1.82) is 0 Å². The highest BCUT2D eigenvalue weighted by atomic mass is 19.1. The number of hydrogen-bond acceptors (Lipinski definition) is 3. The van der Waals surface area contributed by atoms with Gasteiger partial charge in [0.15, 0.2) is 5.96 Å². The van der Waals surface area contributed by atoms with Gasteiger partial charge in [-0.15, -0.1) is 0 Å². The van der Waals surface area contributed by atoms with E-state index in [0.717, 1.165) is 18.4 Å². The fraction of sp³-hybridized carbons (Fsp3) is 0.333. The third-order valence-corrected chi connectivity index (χ3v) is 3.96. The SMILES string of the molecule is NC(=NCc1ccc(Oc2cccc(F)c2)nc1)NC1CCCC1. The number of nitrogens with one attached hydrogen (secondary N) is 1. The Balaban J connectivity index is 1.54. The lowest BCUT2D eigenvalue weighted by molar-refractivity contribution is 0.457. The monoisotopic (exact) mass is 328 g/mol. The molecule has 0 spiro atoms. The van der Waals surface area contributed by atoms with Crippen LogP contribution >= 0.6 is 0 Å². The third-order valence-electron chi connectivity index (χ3n) is 3.96. The topological polar surface area (TPSA) is 72.5 Å². The molecule has 0 amide bonds. The molecule has 1 aromatic heterocycles. The van der Waals surface area contributed by atoms with Crippen LogP contribution < -0.4 is 15.8 Å². The number of aromatic nitrogens is 1. The lowest BCUT2D eigenvalue weighted by Gasteiger charge is -2.12. The highest BCUT2D eigenvalue weighted by molar-refractivity contribution is 5.78. The van der Waals surface area contributed by atoms with Crippen molar-refractivity contribution >= 4 is 5.96 Å². The van der Waals surface area contributed by atoms with Crippen molar-refractivity contribution in [3.63, 3.8) is 0 Å². The fourth-order valence-electron chi connectivity index (χ4n) is 2.72. The Labute approximate surface area is 140 Å². The Morgan fingerprint density at radius 1 is 1.29 bits per heavy atom. The van der Waals surface area contributed by atoms with Crippen LogP contribution in [0.25, 0.3) is 0 Å². The van der Waals surface area contributed by atoms with Gasteiger partial charge in [0.25, 0.3) is 0 Å². The first kappa shape index (κ1) is 16.2. The van der Waals surface area contributed by atoms with Gasteiger partial charge in [0.05, 0.1) is 6.54 Å². The number of hydrogen-bond donors (Lipinski definition) is 2. The Morgan fingerprint density at radius 2 is 2.12 bits per heavy atom. The summed E-state index contributed by atoms with van der Waals surface area (Å²) in [5.41, 5.74) is 6.83. The van der Waals surface area contributed by atoms with Gasteiger partial charge in [0.1, 0.15) is 11.6 Å². The Morgan fingerprint density at radius 3 is 2.83 bits per heavy atom. The molecule has 0 atom stereocenters. The predicted octanol–water partition coefficient (Wildman–Crippen LogP) is 3.36. The minimum absolute atomic E-state index is 0.344. The highest BCUT2D eigenvalue weighted by Crippen LogP contribution is 2.20. The minimum atomic E-state index is -0.344. The number of guanidine groups is 1. The zero-order chi connectivity index (χ0) is 16.8. The van der Waals surface area contributed by atoms with Gasteiger partial charge in [-0.05, 0) is 30.5 Å². The normalized spacial score (nSPS) is 15.5. The summed E-state index contributed by atoms with van der Waals surface area (Å²) in [7, 11) is 0. The molecule has 1 saturated carbocycles. The van der Waals surface area contributed by atoms with Crippen LogP contribution in [0.2, 0.25) is 0 Å². The number of nitrogens with zero attached hydrogens (tertiary/aromatic N) is 2. The van der Waals surface area contributed by atoms with Crippen LogP contribution in [0.15, 0.2) is 47.6 Å². The van der Waals surface area contributed by atoms with E-state index in [9.17, 15) is 4.39 Å². The van der Waals surface area contributed by atoms with Gasteiger partial charge in [0.2, 0.25) is 5.88 Å². The number of ether oxygens (including phenoxy) is 1. The van der Waals surface area contributed by atoms with E-state index in [1.54, 1.807) is 24.4 Å². The molecule has 3 rings (SSSR count). The molecule has 0 aliphatic heterocycles. The zero-order valence-corrected chi connectivity index (χ0v) is 13.4. The van der Waals surface area contributed by atoms with E-state index in [0.29, 0.717) is 30.2 Å². The van der Waals surface area contributed by atoms with E-state index in [4.69, 9.17) is 10.5 Å². The molecule has 0 unspecified atom stereocenters. The van der Waals surface area contributed by atoms with Gasteiger partial charge in [-0.1, -0.05) is 25.0 Å². The van der Waals surface area contributed by atoms with Crippen LogP contribution in [0.4, 0.5) is 4.39 Å². The summed E-state index contributed by atoms with van der Waals surface area (Å²) in [5.74, 6) is 0.953. The molecule has 0 bridgehead atoms. The van der Waals surface area contributed by atoms with Crippen LogP contribution in [0.3, 0.4) is 0 Å². The highest BCUT2D eigenvalue weighted by Gasteiger charge is 2.14. The second-order valence-electron chi connectivity index (χ2n) is 5.89. The number of aliphatic imine (C=N–C) groups is 1. The van der Waals surface area contributed by atoms with E-state index >= 15 is 0 Å². The number of nitrogens with two attached hydrogens (primary N) is 1. The number of rotatable bonds is 5. The first-order valence-electron chi connectivity index (χ1n) is 8.14. The Kier molecular flexibility index (Phi) is 5.25. The van der Waals surface area contributed by atoms with Crippen LogP contribution in [-0.2, 0) is 6.54 Å². The zero-order valence-electron chi connectivity index (χ0n) is 13.4. The molecule has 0 saturated heterocycles. The molecular formula is C18H21FN4O. The van der Waals surface area contributed by atoms with Crippen molar-refractivity contribution < 1.29 is 9.13 Å². The maximum atomic E-state index is 13.1.